The Kier molecular flexibility index (Phi) is 6.61. The standard InChI is InChI=1S/C24H23N3O4S/c1-3-30-23(29)21-16(2)25-24-27(13-14-32-24)22(21)17-9-11-19(12-10-17)31-15-20(28)26-18-7-5-4-6-8-18/h4-14,22H,3,15H2,1-2H3,(H,26,28)/t22-/m1/s1. The molecule has 2 aromatic carbocycles. The van der Waals surface area contributed by atoms with Crippen LogP contribution in [0.25, 0.3) is 0 Å². The van der Waals surface area contributed by atoms with E-state index in [-0.39, 0.29) is 24.5 Å². The fraction of sp³-hybridized carbons (Fsp3) is 0.208. The predicted octanol–water partition coefficient (Wildman–Crippen LogP) is 4.47. The van der Waals surface area contributed by atoms with E-state index < -0.39 is 0 Å². The number of carbonyl (C=O) groups is 2. The first kappa shape index (κ1) is 21.7. The highest BCUT2D eigenvalue weighted by Crippen LogP contribution is 2.41. The van der Waals surface area contributed by atoms with Crippen LogP contribution in [0.2, 0.25) is 0 Å². The summed E-state index contributed by atoms with van der Waals surface area (Å²) in [4.78, 5) is 31.3. The molecule has 7 nitrogen and oxygen atoms in total. The number of aliphatic imine (C=N–C) groups is 1. The topological polar surface area (TPSA) is 80.2 Å². The van der Waals surface area contributed by atoms with Gasteiger partial charge in [0.05, 0.1) is 23.9 Å². The molecule has 0 unspecified atom stereocenters. The summed E-state index contributed by atoms with van der Waals surface area (Å²) in [6.07, 6.45) is 1.91. The molecular formula is C24H23N3O4S. The number of benzene rings is 2. The van der Waals surface area contributed by atoms with Crippen LogP contribution < -0.4 is 10.1 Å². The molecular weight excluding hydrogens is 426 g/mol. The van der Waals surface area contributed by atoms with Gasteiger partial charge in [-0.3, -0.25) is 4.79 Å². The van der Waals surface area contributed by atoms with Crippen molar-refractivity contribution in [2.45, 2.75) is 19.9 Å². The lowest BCUT2D eigenvalue weighted by atomic mass is 9.95. The van der Waals surface area contributed by atoms with Crippen molar-refractivity contribution in [2.24, 2.45) is 4.99 Å². The highest BCUT2D eigenvalue weighted by molar-refractivity contribution is 8.16. The Bertz CT molecular complexity index is 1090. The van der Waals surface area contributed by atoms with Gasteiger partial charge >= 0.3 is 5.97 Å². The van der Waals surface area contributed by atoms with E-state index in [1.165, 1.54) is 11.8 Å². The highest BCUT2D eigenvalue weighted by atomic mass is 32.2. The van der Waals surface area contributed by atoms with Crippen LogP contribution in [0, 0.1) is 0 Å². The molecule has 1 N–H and O–H groups in total. The number of nitrogens with zero attached hydrogens (tertiary/aromatic N) is 2. The molecule has 1 atom stereocenters. The summed E-state index contributed by atoms with van der Waals surface area (Å²) in [6.45, 7) is 3.80. The number of amidine groups is 1. The largest absolute Gasteiger partial charge is 0.484 e. The number of hydrogen-bond donors (Lipinski definition) is 1. The molecule has 0 radical (unpaired) electrons. The van der Waals surface area contributed by atoms with Crippen LogP contribution in [0.5, 0.6) is 5.75 Å². The highest BCUT2D eigenvalue weighted by Gasteiger charge is 2.37. The summed E-state index contributed by atoms with van der Waals surface area (Å²) in [6, 6.07) is 16.2. The number of para-hydroxylation sites is 1. The summed E-state index contributed by atoms with van der Waals surface area (Å²) in [7, 11) is 0. The number of carbonyl (C=O) groups excluding carboxylic acids is 2. The van der Waals surface area contributed by atoms with E-state index in [4.69, 9.17) is 9.47 Å². The molecule has 0 bridgehead atoms. The van der Waals surface area contributed by atoms with Gasteiger partial charge in [-0.05, 0) is 49.1 Å². The van der Waals surface area contributed by atoms with Gasteiger partial charge in [0, 0.05) is 11.9 Å². The van der Waals surface area contributed by atoms with E-state index in [1.807, 2.05) is 65.9 Å². The van der Waals surface area contributed by atoms with Crippen molar-refractivity contribution in [3.63, 3.8) is 0 Å². The van der Waals surface area contributed by atoms with E-state index in [1.54, 1.807) is 19.1 Å². The molecule has 0 aliphatic carbocycles. The fourth-order valence-corrected chi connectivity index (χ4v) is 4.30. The molecule has 2 aliphatic rings. The number of nitrogens with one attached hydrogen (secondary N) is 1. The normalized spacial score (nSPS) is 17.0. The SMILES string of the molecule is CCOC(=O)C1=C(C)N=C2SC=CN2[C@@H]1c1ccc(OCC(=O)Nc2ccccc2)cc1. The van der Waals surface area contributed by atoms with Gasteiger partial charge in [-0.15, -0.1) is 0 Å². The molecule has 0 saturated heterocycles. The first-order chi connectivity index (χ1) is 15.6. The van der Waals surface area contributed by atoms with Gasteiger partial charge in [0.1, 0.15) is 5.75 Å². The van der Waals surface area contributed by atoms with Crippen LogP contribution in [0.15, 0.2) is 82.5 Å². The smallest absolute Gasteiger partial charge is 0.338 e. The van der Waals surface area contributed by atoms with Gasteiger partial charge in [0.2, 0.25) is 0 Å². The quantitative estimate of drug-likeness (QED) is 0.628. The van der Waals surface area contributed by atoms with E-state index in [2.05, 4.69) is 10.3 Å². The molecule has 2 aromatic rings. The monoisotopic (exact) mass is 449 g/mol. The number of thioether (sulfide) groups is 1. The lowest BCUT2D eigenvalue weighted by Crippen LogP contribution is -2.34. The molecule has 0 fully saturated rings. The molecule has 164 valence electrons. The van der Waals surface area contributed by atoms with Crippen LogP contribution in [0.4, 0.5) is 5.69 Å². The minimum absolute atomic E-state index is 0.104. The Balaban J connectivity index is 1.48. The predicted molar refractivity (Wildman–Crippen MR) is 125 cm³/mol. The van der Waals surface area contributed by atoms with Crippen LogP contribution >= 0.6 is 11.8 Å². The molecule has 2 aliphatic heterocycles. The summed E-state index contributed by atoms with van der Waals surface area (Å²) in [5.41, 5.74) is 2.77. The van der Waals surface area contributed by atoms with Crippen molar-refractivity contribution < 1.29 is 19.1 Å². The number of ether oxygens (including phenoxy) is 2. The number of rotatable bonds is 7. The van der Waals surface area contributed by atoms with Crippen LogP contribution in [-0.2, 0) is 14.3 Å². The number of esters is 1. The minimum atomic E-state index is -0.374. The first-order valence-corrected chi connectivity index (χ1v) is 11.1. The number of allylic oxidation sites excluding steroid dienone is 1. The summed E-state index contributed by atoms with van der Waals surface area (Å²) < 4.78 is 10.9. The van der Waals surface area contributed by atoms with Gasteiger partial charge < -0.3 is 19.7 Å². The molecule has 4 rings (SSSR count). The van der Waals surface area contributed by atoms with Gasteiger partial charge in [-0.1, -0.05) is 42.1 Å². The average molecular weight is 450 g/mol. The third-order valence-electron chi connectivity index (χ3n) is 4.94. The molecule has 0 spiro atoms. The van der Waals surface area contributed by atoms with Gasteiger partial charge in [-0.2, -0.15) is 0 Å². The maximum absolute atomic E-state index is 12.7. The van der Waals surface area contributed by atoms with E-state index in [0.717, 1.165) is 16.4 Å². The number of anilines is 1. The van der Waals surface area contributed by atoms with E-state index in [9.17, 15) is 9.59 Å². The zero-order valence-corrected chi connectivity index (χ0v) is 18.6. The second-order valence-electron chi connectivity index (χ2n) is 7.10. The van der Waals surface area contributed by atoms with Crippen molar-refractivity contribution in [1.82, 2.24) is 4.90 Å². The molecule has 0 saturated carbocycles. The van der Waals surface area contributed by atoms with Gasteiger partial charge in [0.15, 0.2) is 11.8 Å². The van der Waals surface area contributed by atoms with Crippen molar-refractivity contribution in [3.05, 3.63) is 83.0 Å². The lowest BCUT2D eigenvalue weighted by molar-refractivity contribution is -0.139. The lowest BCUT2D eigenvalue weighted by Gasteiger charge is -2.33. The van der Waals surface area contributed by atoms with Crippen molar-refractivity contribution in [1.29, 1.82) is 0 Å². The molecule has 8 heteroatoms. The van der Waals surface area contributed by atoms with Crippen molar-refractivity contribution in [2.75, 3.05) is 18.5 Å². The zero-order valence-electron chi connectivity index (χ0n) is 17.8. The van der Waals surface area contributed by atoms with Crippen LogP contribution in [0.3, 0.4) is 0 Å². The second kappa shape index (κ2) is 9.74. The number of hydrogen-bond acceptors (Lipinski definition) is 7. The average Bonchev–Trinajstić information content (AvgIpc) is 3.26. The van der Waals surface area contributed by atoms with Gasteiger partial charge in [0.25, 0.3) is 5.91 Å². The van der Waals surface area contributed by atoms with Crippen LogP contribution in [0.1, 0.15) is 25.5 Å². The Labute approximate surface area is 190 Å². The van der Waals surface area contributed by atoms with E-state index >= 15 is 0 Å². The third kappa shape index (κ3) is 4.70. The zero-order chi connectivity index (χ0) is 22.5. The fourth-order valence-electron chi connectivity index (χ4n) is 3.51. The Morgan fingerprint density at radius 3 is 2.59 bits per heavy atom. The Morgan fingerprint density at radius 1 is 1.12 bits per heavy atom. The Morgan fingerprint density at radius 2 is 1.88 bits per heavy atom. The van der Waals surface area contributed by atoms with Crippen molar-refractivity contribution in [3.8, 4) is 5.75 Å². The minimum Gasteiger partial charge on any atom is -0.484 e. The second-order valence-corrected chi connectivity index (χ2v) is 7.97. The van der Waals surface area contributed by atoms with Crippen LogP contribution in [-0.4, -0.2) is 35.2 Å². The maximum Gasteiger partial charge on any atom is 0.338 e. The van der Waals surface area contributed by atoms with E-state index in [0.29, 0.717) is 23.6 Å². The molecule has 0 aromatic heterocycles. The third-order valence-corrected chi connectivity index (χ3v) is 5.71. The summed E-state index contributed by atoms with van der Waals surface area (Å²) >= 11 is 1.51. The molecule has 32 heavy (non-hydrogen) atoms. The maximum atomic E-state index is 12.7. The van der Waals surface area contributed by atoms with Gasteiger partial charge in [-0.25, -0.2) is 9.79 Å². The number of fused-ring (bicyclic) bond motifs is 1. The number of amides is 1. The summed E-state index contributed by atoms with van der Waals surface area (Å²) in [5.74, 6) is -0.0526. The van der Waals surface area contributed by atoms with Crippen molar-refractivity contribution >= 4 is 34.5 Å². The summed E-state index contributed by atoms with van der Waals surface area (Å²) in [5, 5.41) is 5.54. The molecule has 1 amide bonds. The Hall–Kier alpha value is -3.52. The molecule has 2 heterocycles. The first-order valence-electron chi connectivity index (χ1n) is 10.2.